The van der Waals surface area contributed by atoms with Crippen molar-refractivity contribution in [2.75, 3.05) is 5.32 Å². The van der Waals surface area contributed by atoms with Crippen LogP contribution in [0.3, 0.4) is 0 Å². The number of carbonyl (C=O) groups is 2. The van der Waals surface area contributed by atoms with E-state index >= 15 is 0 Å². The van der Waals surface area contributed by atoms with Crippen LogP contribution in [0.2, 0.25) is 0 Å². The highest BCUT2D eigenvalue weighted by Crippen LogP contribution is 2.27. The molecule has 0 aliphatic heterocycles. The quantitative estimate of drug-likeness (QED) is 0.282. The van der Waals surface area contributed by atoms with Gasteiger partial charge in [-0.1, -0.05) is 12.1 Å². The molecule has 9 heteroatoms. The summed E-state index contributed by atoms with van der Waals surface area (Å²) in [6, 6.07) is 11.0. The molecule has 4 aromatic rings. The minimum Gasteiger partial charge on any atom is -0.321 e. The van der Waals surface area contributed by atoms with Crippen molar-refractivity contribution in [1.29, 1.82) is 0 Å². The number of carbonyl (C=O) groups excluding carboxylic acids is 2. The van der Waals surface area contributed by atoms with Crippen molar-refractivity contribution in [2.24, 2.45) is 0 Å². The van der Waals surface area contributed by atoms with Gasteiger partial charge in [-0.25, -0.2) is 9.97 Å². The van der Waals surface area contributed by atoms with E-state index in [0.29, 0.717) is 26.8 Å². The average molecular weight is 409 g/mol. The summed E-state index contributed by atoms with van der Waals surface area (Å²) in [5.41, 5.74) is 2.46. The van der Waals surface area contributed by atoms with Crippen LogP contribution in [-0.2, 0) is 5.75 Å². The van der Waals surface area contributed by atoms with E-state index in [9.17, 15) is 9.59 Å². The average Bonchev–Trinajstić information content (AvgIpc) is 3.36. The molecule has 7 nitrogen and oxygen atoms in total. The highest BCUT2D eigenvalue weighted by Gasteiger charge is 2.12. The van der Waals surface area contributed by atoms with Gasteiger partial charge in [0.2, 0.25) is 0 Å². The second-order valence-corrected chi connectivity index (χ2v) is 8.02. The molecule has 1 amide bonds. The molecule has 0 bridgehead atoms. The SMILES string of the molecule is CC(=O)c1ccc(C(=O)Nc2cccc(CSc3ncnc4[nH]ncc34)c2)s1. The molecule has 4 rings (SSSR count). The van der Waals surface area contributed by atoms with Crippen LogP contribution < -0.4 is 5.32 Å². The number of nitrogens with one attached hydrogen (secondary N) is 2. The number of fused-ring (bicyclic) bond motifs is 1. The summed E-state index contributed by atoms with van der Waals surface area (Å²) in [7, 11) is 0. The lowest BCUT2D eigenvalue weighted by molar-refractivity contribution is 0.101. The van der Waals surface area contributed by atoms with Crippen LogP contribution in [0.5, 0.6) is 0 Å². The van der Waals surface area contributed by atoms with Gasteiger partial charge in [-0.3, -0.25) is 14.7 Å². The molecular formula is C19H15N5O2S2. The Kier molecular flexibility index (Phi) is 5.18. The van der Waals surface area contributed by atoms with Crippen LogP contribution in [0.15, 0.2) is 53.9 Å². The molecule has 0 aliphatic carbocycles. The summed E-state index contributed by atoms with van der Waals surface area (Å²) in [4.78, 5) is 33.3. The first-order valence-corrected chi connectivity index (χ1v) is 10.2. The lowest BCUT2D eigenvalue weighted by atomic mass is 10.2. The summed E-state index contributed by atoms with van der Waals surface area (Å²) >= 11 is 2.77. The fourth-order valence-electron chi connectivity index (χ4n) is 2.59. The van der Waals surface area contributed by atoms with Crippen LogP contribution in [0.4, 0.5) is 5.69 Å². The zero-order valence-electron chi connectivity index (χ0n) is 14.8. The van der Waals surface area contributed by atoms with Crippen LogP contribution in [0, 0.1) is 0 Å². The maximum absolute atomic E-state index is 12.4. The second-order valence-electron chi connectivity index (χ2n) is 5.97. The Morgan fingerprint density at radius 2 is 2.04 bits per heavy atom. The summed E-state index contributed by atoms with van der Waals surface area (Å²) in [6.07, 6.45) is 3.22. The van der Waals surface area contributed by atoms with Crippen molar-refractivity contribution in [3.05, 3.63) is 64.2 Å². The van der Waals surface area contributed by atoms with Crippen molar-refractivity contribution in [3.63, 3.8) is 0 Å². The number of aromatic amines is 1. The van der Waals surface area contributed by atoms with E-state index in [4.69, 9.17) is 0 Å². The number of thiophene rings is 1. The molecule has 3 heterocycles. The van der Waals surface area contributed by atoms with Crippen molar-refractivity contribution in [3.8, 4) is 0 Å². The van der Waals surface area contributed by atoms with Gasteiger partial charge in [-0.15, -0.1) is 23.1 Å². The first kappa shape index (κ1) is 18.3. The number of benzene rings is 1. The Hall–Kier alpha value is -3.04. The number of hydrogen-bond acceptors (Lipinski definition) is 7. The monoisotopic (exact) mass is 409 g/mol. The van der Waals surface area contributed by atoms with Crippen molar-refractivity contribution in [1.82, 2.24) is 20.2 Å². The topological polar surface area (TPSA) is 101 Å². The molecule has 0 atom stereocenters. The van der Waals surface area contributed by atoms with Crippen molar-refractivity contribution in [2.45, 2.75) is 17.7 Å². The number of hydrogen-bond donors (Lipinski definition) is 2. The number of H-pyrrole nitrogens is 1. The van der Waals surface area contributed by atoms with E-state index in [2.05, 4.69) is 25.5 Å². The Bertz CT molecular complexity index is 1170. The first-order valence-electron chi connectivity index (χ1n) is 8.38. The normalized spacial score (nSPS) is 10.9. The Morgan fingerprint density at radius 3 is 2.86 bits per heavy atom. The third-order valence-electron chi connectivity index (χ3n) is 3.95. The summed E-state index contributed by atoms with van der Waals surface area (Å²) in [5.74, 6) is 0.423. The van der Waals surface area contributed by atoms with Gasteiger partial charge in [0.15, 0.2) is 11.4 Å². The van der Waals surface area contributed by atoms with E-state index in [1.807, 2.05) is 24.3 Å². The molecule has 2 N–H and O–H groups in total. The largest absolute Gasteiger partial charge is 0.321 e. The Balaban J connectivity index is 1.44. The van der Waals surface area contributed by atoms with E-state index in [1.54, 1.807) is 30.1 Å². The third kappa shape index (κ3) is 3.95. The molecule has 0 saturated heterocycles. The Morgan fingerprint density at radius 1 is 1.18 bits per heavy atom. The molecule has 0 radical (unpaired) electrons. The Labute approximate surface area is 168 Å². The molecule has 0 spiro atoms. The van der Waals surface area contributed by atoms with Gasteiger partial charge in [0.05, 0.1) is 21.3 Å². The van der Waals surface area contributed by atoms with E-state index in [1.165, 1.54) is 24.6 Å². The molecule has 0 unspecified atom stereocenters. The second kappa shape index (κ2) is 7.91. The van der Waals surface area contributed by atoms with Crippen LogP contribution in [0.1, 0.15) is 31.8 Å². The van der Waals surface area contributed by atoms with E-state index < -0.39 is 0 Å². The molecule has 3 aromatic heterocycles. The van der Waals surface area contributed by atoms with Gasteiger partial charge in [-0.05, 0) is 36.8 Å². The lowest BCUT2D eigenvalue weighted by Gasteiger charge is -2.07. The van der Waals surface area contributed by atoms with Gasteiger partial charge in [0.25, 0.3) is 5.91 Å². The standard InChI is InChI=1S/C19H15N5O2S2/c1-11(25)15-5-6-16(28-15)18(26)23-13-4-2-3-12(7-13)9-27-19-14-8-22-24-17(14)20-10-21-19/h2-8,10H,9H2,1H3,(H,23,26)(H,20,21,22,24). The summed E-state index contributed by atoms with van der Waals surface area (Å²) in [5, 5.41) is 11.4. The fraction of sp³-hybridized carbons (Fsp3) is 0.105. The van der Waals surface area contributed by atoms with Crippen LogP contribution in [0.25, 0.3) is 11.0 Å². The molecule has 0 saturated carbocycles. The van der Waals surface area contributed by atoms with Gasteiger partial charge in [0.1, 0.15) is 11.4 Å². The zero-order valence-corrected chi connectivity index (χ0v) is 16.4. The molecule has 28 heavy (non-hydrogen) atoms. The zero-order chi connectivity index (χ0) is 19.5. The molecular weight excluding hydrogens is 394 g/mol. The lowest BCUT2D eigenvalue weighted by Crippen LogP contribution is -2.10. The van der Waals surface area contributed by atoms with Crippen LogP contribution >= 0.6 is 23.1 Å². The van der Waals surface area contributed by atoms with Crippen molar-refractivity contribution >= 4 is 51.5 Å². The minimum absolute atomic E-state index is 0.0421. The number of ketones is 1. The van der Waals surface area contributed by atoms with E-state index in [-0.39, 0.29) is 11.7 Å². The number of nitrogens with zero attached hydrogens (tertiary/aromatic N) is 3. The maximum Gasteiger partial charge on any atom is 0.265 e. The van der Waals surface area contributed by atoms with E-state index in [0.717, 1.165) is 16.0 Å². The predicted octanol–water partition coefficient (Wildman–Crippen LogP) is 4.16. The van der Waals surface area contributed by atoms with Gasteiger partial charge in [-0.2, -0.15) is 5.10 Å². The van der Waals surface area contributed by atoms with Gasteiger partial charge < -0.3 is 5.32 Å². The summed E-state index contributed by atoms with van der Waals surface area (Å²) in [6.45, 7) is 1.49. The van der Waals surface area contributed by atoms with Crippen LogP contribution in [-0.4, -0.2) is 31.9 Å². The number of amides is 1. The number of Topliss-reactive ketones (excluding diaryl/α,β-unsaturated/α-hetero) is 1. The maximum atomic E-state index is 12.4. The molecule has 0 fully saturated rings. The first-order chi connectivity index (χ1) is 13.6. The minimum atomic E-state index is -0.224. The fourth-order valence-corrected chi connectivity index (χ4v) is 4.30. The molecule has 1 aromatic carbocycles. The molecule has 0 aliphatic rings. The highest BCUT2D eigenvalue weighted by atomic mass is 32.2. The number of aromatic nitrogens is 4. The van der Waals surface area contributed by atoms with Crippen molar-refractivity contribution < 1.29 is 9.59 Å². The number of rotatable bonds is 6. The molecule has 140 valence electrons. The summed E-state index contributed by atoms with van der Waals surface area (Å²) < 4.78 is 0. The third-order valence-corrected chi connectivity index (χ3v) is 6.21. The number of thioether (sulfide) groups is 1. The van der Waals surface area contributed by atoms with Gasteiger partial charge >= 0.3 is 0 Å². The van der Waals surface area contributed by atoms with Gasteiger partial charge in [0, 0.05) is 11.4 Å². The number of anilines is 1. The predicted molar refractivity (Wildman–Crippen MR) is 110 cm³/mol. The highest BCUT2D eigenvalue weighted by molar-refractivity contribution is 7.98. The smallest absolute Gasteiger partial charge is 0.265 e.